The molecule has 0 aliphatic rings. The molecule has 23 heavy (non-hydrogen) atoms. The standard InChI is InChI=1S/C14H16F3NO4S/c1-13(19,9-18-23(20,21)7-6-14(15,16)17)12-8-10-4-2-3-5-11(10)22-12/h2-5,8,18-19H,6-7,9H2,1H3/t13-/m1/s1. The van der Waals surface area contributed by atoms with Crippen LogP contribution in [-0.4, -0.2) is 32.0 Å². The highest BCUT2D eigenvalue weighted by Gasteiger charge is 2.32. The van der Waals surface area contributed by atoms with Crippen molar-refractivity contribution in [3.63, 3.8) is 0 Å². The number of furan rings is 1. The zero-order chi connectivity index (χ0) is 17.3. The molecular weight excluding hydrogens is 335 g/mol. The van der Waals surface area contributed by atoms with Gasteiger partial charge in [-0.2, -0.15) is 13.2 Å². The summed E-state index contributed by atoms with van der Waals surface area (Å²) in [5.41, 5.74) is -1.17. The first-order chi connectivity index (χ1) is 10.5. The van der Waals surface area contributed by atoms with Crippen molar-refractivity contribution in [2.75, 3.05) is 12.3 Å². The minimum atomic E-state index is -4.56. The van der Waals surface area contributed by atoms with Crippen LogP contribution in [0, 0.1) is 0 Å². The minimum absolute atomic E-state index is 0.122. The summed E-state index contributed by atoms with van der Waals surface area (Å²) in [5.74, 6) is -0.968. The summed E-state index contributed by atoms with van der Waals surface area (Å²) in [6.07, 6.45) is -6.01. The van der Waals surface area contributed by atoms with Crippen molar-refractivity contribution in [2.45, 2.75) is 25.1 Å². The van der Waals surface area contributed by atoms with Crippen LogP contribution in [0.25, 0.3) is 11.0 Å². The molecule has 2 rings (SSSR count). The first-order valence-corrected chi connectivity index (χ1v) is 8.39. The molecule has 0 aliphatic heterocycles. The molecule has 128 valence electrons. The van der Waals surface area contributed by atoms with Crippen LogP contribution < -0.4 is 4.72 Å². The summed E-state index contributed by atoms with van der Waals surface area (Å²) in [5, 5.41) is 11.1. The average molecular weight is 351 g/mol. The van der Waals surface area contributed by atoms with E-state index in [1.165, 1.54) is 6.92 Å². The van der Waals surface area contributed by atoms with E-state index < -0.39 is 40.5 Å². The molecule has 0 unspecified atom stereocenters. The second kappa shape index (κ2) is 6.14. The van der Waals surface area contributed by atoms with Gasteiger partial charge in [0.15, 0.2) is 0 Å². The first kappa shape index (κ1) is 17.8. The summed E-state index contributed by atoms with van der Waals surface area (Å²) < 4.78 is 66.8. The van der Waals surface area contributed by atoms with Crippen molar-refractivity contribution in [2.24, 2.45) is 0 Å². The lowest BCUT2D eigenvalue weighted by Gasteiger charge is -2.21. The summed E-state index contributed by atoms with van der Waals surface area (Å²) in [7, 11) is -4.16. The molecule has 0 aliphatic carbocycles. The minimum Gasteiger partial charge on any atom is -0.458 e. The maximum absolute atomic E-state index is 12.1. The maximum Gasteiger partial charge on any atom is 0.390 e. The Labute approximate surface area is 131 Å². The zero-order valence-corrected chi connectivity index (χ0v) is 13.0. The number of hydrogen-bond donors (Lipinski definition) is 2. The lowest BCUT2D eigenvalue weighted by molar-refractivity contribution is -0.130. The van der Waals surface area contributed by atoms with Gasteiger partial charge in [0.25, 0.3) is 0 Å². The van der Waals surface area contributed by atoms with Gasteiger partial charge in [-0.05, 0) is 19.1 Å². The van der Waals surface area contributed by atoms with Gasteiger partial charge in [0, 0.05) is 11.9 Å². The molecule has 0 saturated carbocycles. The number of sulfonamides is 1. The third-order valence-electron chi connectivity index (χ3n) is 3.25. The van der Waals surface area contributed by atoms with Gasteiger partial charge < -0.3 is 9.52 Å². The van der Waals surface area contributed by atoms with Gasteiger partial charge >= 0.3 is 6.18 Å². The monoisotopic (exact) mass is 351 g/mol. The van der Waals surface area contributed by atoms with Crippen molar-refractivity contribution < 1.29 is 31.1 Å². The Hall–Kier alpha value is -1.58. The number of alkyl halides is 3. The molecule has 1 heterocycles. The Morgan fingerprint density at radius 1 is 1.26 bits per heavy atom. The van der Waals surface area contributed by atoms with Gasteiger partial charge in [0.2, 0.25) is 10.0 Å². The van der Waals surface area contributed by atoms with Crippen LogP contribution >= 0.6 is 0 Å². The smallest absolute Gasteiger partial charge is 0.390 e. The molecular formula is C14H16F3NO4S. The second-order valence-corrected chi connectivity index (χ2v) is 7.35. The average Bonchev–Trinajstić information content (AvgIpc) is 2.88. The SMILES string of the molecule is C[C@@](O)(CNS(=O)(=O)CCC(F)(F)F)c1cc2ccccc2o1. The molecule has 1 aromatic carbocycles. The van der Waals surface area contributed by atoms with E-state index in [-0.39, 0.29) is 5.76 Å². The number of nitrogens with one attached hydrogen (secondary N) is 1. The lowest BCUT2D eigenvalue weighted by atomic mass is 10.0. The first-order valence-electron chi connectivity index (χ1n) is 6.74. The van der Waals surface area contributed by atoms with Gasteiger partial charge in [-0.25, -0.2) is 13.1 Å². The largest absolute Gasteiger partial charge is 0.458 e. The number of rotatable bonds is 6. The topological polar surface area (TPSA) is 79.5 Å². The number of fused-ring (bicyclic) bond motifs is 1. The van der Waals surface area contributed by atoms with Gasteiger partial charge in [-0.3, -0.25) is 0 Å². The summed E-state index contributed by atoms with van der Waals surface area (Å²) in [6, 6.07) is 8.51. The van der Waals surface area contributed by atoms with Crippen molar-refractivity contribution in [1.29, 1.82) is 0 Å². The quantitative estimate of drug-likeness (QED) is 0.838. The Morgan fingerprint density at radius 2 is 1.91 bits per heavy atom. The number of aliphatic hydroxyl groups is 1. The maximum atomic E-state index is 12.1. The molecule has 0 spiro atoms. The highest BCUT2D eigenvalue weighted by Crippen LogP contribution is 2.27. The van der Waals surface area contributed by atoms with Crippen molar-refractivity contribution in [1.82, 2.24) is 4.72 Å². The molecule has 2 aromatic rings. The zero-order valence-electron chi connectivity index (χ0n) is 12.2. The molecule has 5 nitrogen and oxygen atoms in total. The van der Waals surface area contributed by atoms with Crippen LogP contribution in [0.5, 0.6) is 0 Å². The molecule has 0 fully saturated rings. The molecule has 1 atom stereocenters. The fourth-order valence-corrected chi connectivity index (χ4v) is 3.05. The van der Waals surface area contributed by atoms with E-state index in [9.17, 15) is 26.7 Å². The predicted molar refractivity (Wildman–Crippen MR) is 78.2 cm³/mol. The normalized spacial score (nSPS) is 15.7. The van der Waals surface area contributed by atoms with Gasteiger partial charge in [-0.15, -0.1) is 0 Å². The second-order valence-electron chi connectivity index (χ2n) is 5.43. The van der Waals surface area contributed by atoms with Crippen LogP contribution in [0.3, 0.4) is 0 Å². The number of halogens is 3. The van der Waals surface area contributed by atoms with Crippen LogP contribution in [0.2, 0.25) is 0 Å². The molecule has 0 bridgehead atoms. The van der Waals surface area contributed by atoms with Gasteiger partial charge in [0.1, 0.15) is 16.9 Å². The Bertz CT molecular complexity index is 748. The van der Waals surface area contributed by atoms with Crippen molar-refractivity contribution >= 4 is 21.0 Å². The predicted octanol–water partition coefficient (Wildman–Crippen LogP) is 2.51. The summed E-state index contributed by atoms with van der Waals surface area (Å²) in [4.78, 5) is 0. The van der Waals surface area contributed by atoms with E-state index in [0.717, 1.165) is 5.39 Å². The Balaban J connectivity index is 2.06. The Kier molecular flexibility index (Phi) is 4.74. The molecule has 1 aromatic heterocycles. The molecule has 9 heteroatoms. The molecule has 0 saturated heterocycles. The highest BCUT2D eigenvalue weighted by atomic mass is 32.2. The molecule has 2 N–H and O–H groups in total. The fraction of sp³-hybridized carbons (Fsp3) is 0.429. The third-order valence-corrected chi connectivity index (χ3v) is 4.57. The number of benzene rings is 1. The van der Waals surface area contributed by atoms with E-state index in [1.54, 1.807) is 30.3 Å². The highest BCUT2D eigenvalue weighted by molar-refractivity contribution is 7.89. The Morgan fingerprint density at radius 3 is 2.52 bits per heavy atom. The third kappa shape index (κ3) is 4.95. The van der Waals surface area contributed by atoms with E-state index in [2.05, 4.69) is 0 Å². The van der Waals surface area contributed by atoms with E-state index in [1.807, 2.05) is 4.72 Å². The lowest BCUT2D eigenvalue weighted by Crippen LogP contribution is -2.39. The number of hydrogen-bond acceptors (Lipinski definition) is 4. The van der Waals surface area contributed by atoms with Crippen LogP contribution in [0.4, 0.5) is 13.2 Å². The summed E-state index contributed by atoms with van der Waals surface area (Å²) in [6.45, 7) is 0.823. The summed E-state index contributed by atoms with van der Waals surface area (Å²) >= 11 is 0. The molecule has 0 amide bonds. The van der Waals surface area contributed by atoms with E-state index in [0.29, 0.717) is 5.58 Å². The van der Waals surface area contributed by atoms with Crippen LogP contribution in [0.15, 0.2) is 34.7 Å². The fourth-order valence-electron chi connectivity index (χ4n) is 1.91. The van der Waals surface area contributed by atoms with E-state index >= 15 is 0 Å². The van der Waals surface area contributed by atoms with E-state index in [4.69, 9.17) is 4.42 Å². The van der Waals surface area contributed by atoms with Crippen molar-refractivity contribution in [3.05, 3.63) is 36.1 Å². The van der Waals surface area contributed by atoms with Crippen LogP contribution in [0.1, 0.15) is 19.1 Å². The van der Waals surface area contributed by atoms with Gasteiger partial charge in [0.05, 0.1) is 12.2 Å². The number of para-hydroxylation sites is 1. The molecule has 0 radical (unpaired) electrons. The van der Waals surface area contributed by atoms with Crippen molar-refractivity contribution in [3.8, 4) is 0 Å². The van der Waals surface area contributed by atoms with Crippen LogP contribution in [-0.2, 0) is 15.6 Å². The van der Waals surface area contributed by atoms with Gasteiger partial charge in [-0.1, -0.05) is 18.2 Å².